The largest absolute Gasteiger partial charge is 0.380 e. The summed E-state index contributed by atoms with van der Waals surface area (Å²) >= 11 is 0. The van der Waals surface area contributed by atoms with Gasteiger partial charge >= 0.3 is 0 Å². The number of hydrogen-bond donors (Lipinski definition) is 0. The zero-order valence-electron chi connectivity index (χ0n) is 16.9. The van der Waals surface area contributed by atoms with Gasteiger partial charge in [-0.3, -0.25) is 4.79 Å². The average Bonchev–Trinajstić information content (AvgIpc) is 3.41. The van der Waals surface area contributed by atoms with Crippen LogP contribution in [0.15, 0.2) is 40.2 Å². The number of aryl methyl sites for hydroxylation is 1. The second-order valence-corrected chi connectivity index (χ2v) is 11.5. The number of rotatable bonds is 4. The molecule has 7 heteroatoms. The quantitative estimate of drug-likeness (QED) is 0.754. The van der Waals surface area contributed by atoms with E-state index >= 15 is 0 Å². The van der Waals surface area contributed by atoms with Gasteiger partial charge < -0.3 is 14.2 Å². The molecular weight excluding hydrogens is 400 g/mol. The Morgan fingerprint density at radius 3 is 2.57 bits per heavy atom. The Kier molecular flexibility index (Phi) is 3.73. The Hall–Kier alpha value is -2.38. The molecule has 156 valence electrons. The summed E-state index contributed by atoms with van der Waals surface area (Å²) in [7, 11) is -1.54. The molecule has 0 atom stereocenters. The summed E-state index contributed by atoms with van der Waals surface area (Å²) in [6, 6.07) is 5.54. The molecule has 3 heterocycles. The molecule has 1 aromatic carbocycles. The van der Waals surface area contributed by atoms with Gasteiger partial charge in [0.1, 0.15) is 0 Å². The molecule has 2 aromatic rings. The van der Waals surface area contributed by atoms with Crippen LogP contribution < -0.4 is 10.5 Å². The fraction of sp³-hybridized carbons (Fsp3) is 0.435. The highest BCUT2D eigenvalue weighted by Crippen LogP contribution is 2.46. The van der Waals surface area contributed by atoms with Crippen molar-refractivity contribution in [3.63, 3.8) is 0 Å². The molecule has 2 aliphatic heterocycles. The van der Waals surface area contributed by atoms with E-state index in [-0.39, 0.29) is 16.2 Å². The van der Waals surface area contributed by atoms with Crippen molar-refractivity contribution in [3.8, 4) is 11.1 Å². The Morgan fingerprint density at radius 1 is 1.13 bits per heavy atom. The van der Waals surface area contributed by atoms with Crippen LogP contribution >= 0.6 is 0 Å². The van der Waals surface area contributed by atoms with Gasteiger partial charge in [-0.2, -0.15) is 0 Å². The summed E-state index contributed by atoms with van der Waals surface area (Å²) in [5.74, 6) is 0. The molecule has 0 radical (unpaired) electrons. The Morgan fingerprint density at radius 2 is 1.90 bits per heavy atom. The maximum absolute atomic E-state index is 13.0. The smallest absolute Gasteiger partial charge is 0.254 e. The standard InChI is InChI=1S/C23H24N2O4S/c1-24-10-20(17-3-2-4-18(17)22(24)26)19-9-16(30(27,28)15-5-6-15)7-8-21(19)25-11-23(12-25)13-29-14-23/h2-3,7-10,15H,4-6,11-14H2,1H3. The van der Waals surface area contributed by atoms with Crippen molar-refractivity contribution in [1.29, 1.82) is 0 Å². The lowest BCUT2D eigenvalue weighted by Crippen LogP contribution is -2.66. The minimum absolute atomic E-state index is 0.0107. The molecule has 1 spiro atoms. The zero-order valence-corrected chi connectivity index (χ0v) is 17.7. The van der Waals surface area contributed by atoms with Gasteiger partial charge in [-0.15, -0.1) is 0 Å². The Labute approximate surface area is 175 Å². The maximum Gasteiger partial charge on any atom is 0.254 e. The third kappa shape index (κ3) is 2.58. The third-order valence-electron chi connectivity index (χ3n) is 6.88. The van der Waals surface area contributed by atoms with Gasteiger partial charge in [0.25, 0.3) is 5.56 Å². The zero-order chi connectivity index (χ0) is 20.7. The molecule has 2 aliphatic carbocycles. The molecule has 0 amide bonds. The number of pyridine rings is 1. The number of sulfone groups is 1. The first-order valence-electron chi connectivity index (χ1n) is 10.5. The van der Waals surface area contributed by atoms with Crippen LogP contribution in [0.2, 0.25) is 0 Å². The molecule has 4 aliphatic rings. The van der Waals surface area contributed by atoms with Gasteiger partial charge in [-0.1, -0.05) is 12.2 Å². The number of nitrogens with zero attached hydrogens (tertiary/aromatic N) is 2. The highest BCUT2D eigenvalue weighted by Gasteiger charge is 2.49. The van der Waals surface area contributed by atoms with E-state index in [1.165, 1.54) is 0 Å². The molecule has 1 aromatic heterocycles. The fourth-order valence-electron chi connectivity index (χ4n) is 4.97. The van der Waals surface area contributed by atoms with E-state index in [2.05, 4.69) is 4.90 Å². The average molecular weight is 425 g/mol. The van der Waals surface area contributed by atoms with Crippen molar-refractivity contribution < 1.29 is 13.2 Å². The van der Waals surface area contributed by atoms with Crippen LogP contribution in [0.5, 0.6) is 0 Å². The van der Waals surface area contributed by atoms with Crippen molar-refractivity contribution in [1.82, 2.24) is 4.57 Å². The number of aromatic nitrogens is 1. The molecule has 0 unspecified atom stereocenters. The maximum atomic E-state index is 13.0. The van der Waals surface area contributed by atoms with Crippen molar-refractivity contribution in [2.75, 3.05) is 31.2 Å². The number of hydrogen-bond acceptors (Lipinski definition) is 5. The topological polar surface area (TPSA) is 68.6 Å². The van der Waals surface area contributed by atoms with E-state index < -0.39 is 9.84 Å². The second-order valence-electron chi connectivity index (χ2n) is 9.23. The highest BCUT2D eigenvalue weighted by molar-refractivity contribution is 7.92. The SMILES string of the molecule is Cn1cc(-c2cc(S(=O)(=O)C3CC3)ccc2N2CC3(COC3)C2)c2c(c1=O)CC=C2. The normalized spacial score (nSPS) is 21.4. The lowest BCUT2D eigenvalue weighted by Gasteiger charge is -2.56. The van der Waals surface area contributed by atoms with Crippen LogP contribution in [0.4, 0.5) is 5.69 Å². The summed E-state index contributed by atoms with van der Waals surface area (Å²) in [4.78, 5) is 15.3. The first-order chi connectivity index (χ1) is 14.4. The van der Waals surface area contributed by atoms with Crippen LogP contribution in [-0.4, -0.2) is 44.5 Å². The van der Waals surface area contributed by atoms with E-state index in [0.717, 1.165) is 67.1 Å². The minimum Gasteiger partial charge on any atom is -0.380 e. The number of ether oxygens (including phenoxy) is 1. The number of allylic oxidation sites excluding steroid dienone is 1. The molecule has 2 saturated heterocycles. The van der Waals surface area contributed by atoms with E-state index in [1.54, 1.807) is 17.7 Å². The highest BCUT2D eigenvalue weighted by atomic mass is 32.2. The summed E-state index contributed by atoms with van der Waals surface area (Å²) in [6.45, 7) is 3.42. The van der Waals surface area contributed by atoms with E-state index in [9.17, 15) is 13.2 Å². The number of benzene rings is 1. The first-order valence-corrected chi connectivity index (χ1v) is 12.0. The molecule has 30 heavy (non-hydrogen) atoms. The predicted molar refractivity (Wildman–Crippen MR) is 116 cm³/mol. The van der Waals surface area contributed by atoms with Gasteiger partial charge in [-0.25, -0.2) is 8.42 Å². The van der Waals surface area contributed by atoms with Crippen molar-refractivity contribution in [2.45, 2.75) is 29.4 Å². The van der Waals surface area contributed by atoms with Crippen LogP contribution in [0.25, 0.3) is 17.2 Å². The third-order valence-corrected chi connectivity index (χ3v) is 9.14. The first kappa shape index (κ1) is 18.4. The second kappa shape index (κ2) is 6.08. The molecule has 6 rings (SSSR count). The molecule has 3 fully saturated rings. The van der Waals surface area contributed by atoms with Gasteiger partial charge in [0.15, 0.2) is 9.84 Å². The van der Waals surface area contributed by atoms with Crippen molar-refractivity contribution in [2.24, 2.45) is 12.5 Å². The number of anilines is 1. The number of fused-ring (bicyclic) bond motifs is 1. The molecule has 0 bridgehead atoms. The lowest BCUT2D eigenvalue weighted by atomic mass is 9.77. The summed E-state index contributed by atoms with van der Waals surface area (Å²) in [5.41, 5.74) is 4.81. The van der Waals surface area contributed by atoms with E-state index in [0.29, 0.717) is 11.3 Å². The van der Waals surface area contributed by atoms with Crippen LogP contribution in [0, 0.1) is 5.41 Å². The van der Waals surface area contributed by atoms with Crippen LogP contribution in [0.3, 0.4) is 0 Å². The van der Waals surface area contributed by atoms with Gasteiger partial charge in [0.05, 0.1) is 28.8 Å². The predicted octanol–water partition coefficient (Wildman–Crippen LogP) is 2.39. The summed E-state index contributed by atoms with van der Waals surface area (Å²) in [5, 5.41) is -0.249. The molecule has 1 saturated carbocycles. The Balaban J connectivity index is 1.52. The fourth-order valence-corrected chi connectivity index (χ4v) is 6.65. The van der Waals surface area contributed by atoms with E-state index in [4.69, 9.17) is 4.74 Å². The Bertz CT molecular complexity index is 1260. The van der Waals surface area contributed by atoms with Gasteiger partial charge in [0.2, 0.25) is 0 Å². The van der Waals surface area contributed by atoms with Gasteiger partial charge in [-0.05, 0) is 43.0 Å². The van der Waals surface area contributed by atoms with Crippen LogP contribution in [-0.2, 0) is 28.0 Å². The van der Waals surface area contributed by atoms with Crippen molar-refractivity contribution >= 4 is 21.6 Å². The lowest BCUT2D eigenvalue weighted by molar-refractivity contribution is -0.127. The minimum atomic E-state index is -3.30. The molecule has 6 nitrogen and oxygen atoms in total. The molecular formula is C23H24N2O4S. The summed E-state index contributed by atoms with van der Waals surface area (Å²) in [6.07, 6.45) is 7.96. The van der Waals surface area contributed by atoms with Crippen molar-refractivity contribution in [3.05, 3.63) is 52.0 Å². The van der Waals surface area contributed by atoms with E-state index in [1.807, 2.05) is 30.5 Å². The van der Waals surface area contributed by atoms with Gasteiger partial charge in [0, 0.05) is 48.7 Å². The van der Waals surface area contributed by atoms with Crippen LogP contribution in [0.1, 0.15) is 24.0 Å². The molecule has 0 N–H and O–H groups in total. The monoisotopic (exact) mass is 424 g/mol. The summed E-state index contributed by atoms with van der Waals surface area (Å²) < 4.78 is 32.9.